The zero-order valence-corrected chi connectivity index (χ0v) is 12.6. The molecule has 0 aliphatic heterocycles. The molecule has 1 fully saturated rings. The van der Waals surface area contributed by atoms with Crippen molar-refractivity contribution in [3.05, 3.63) is 22.8 Å². The molecule has 5 nitrogen and oxygen atoms in total. The number of carbonyl (C=O) groups is 1. The molecule has 1 N–H and O–H groups in total. The van der Waals surface area contributed by atoms with Crippen molar-refractivity contribution >= 4 is 23.3 Å². The molecule has 1 aliphatic rings. The molecule has 0 aromatic carbocycles. The number of aromatic nitrogens is 1. The molecule has 0 radical (unpaired) electrons. The SMILES string of the molecule is CCNc1cc(C(=O)N(CCOC)C2CC2)cc(Cl)n1. The molecule has 0 unspecified atom stereocenters. The Hall–Kier alpha value is -1.33. The molecule has 1 saturated carbocycles. The van der Waals surface area contributed by atoms with E-state index in [1.54, 1.807) is 19.2 Å². The average molecular weight is 298 g/mol. The first-order valence-corrected chi connectivity index (χ1v) is 7.25. The van der Waals surface area contributed by atoms with Crippen molar-refractivity contribution < 1.29 is 9.53 Å². The van der Waals surface area contributed by atoms with Gasteiger partial charge in [-0.2, -0.15) is 0 Å². The maximum Gasteiger partial charge on any atom is 0.254 e. The first kappa shape index (κ1) is 15.1. The van der Waals surface area contributed by atoms with Crippen molar-refractivity contribution in [1.29, 1.82) is 0 Å². The summed E-state index contributed by atoms with van der Waals surface area (Å²) >= 11 is 5.99. The van der Waals surface area contributed by atoms with Crippen molar-refractivity contribution in [2.24, 2.45) is 0 Å². The van der Waals surface area contributed by atoms with Crippen LogP contribution in [0.15, 0.2) is 12.1 Å². The fraction of sp³-hybridized carbons (Fsp3) is 0.571. The van der Waals surface area contributed by atoms with Gasteiger partial charge in [0.15, 0.2) is 0 Å². The second-order valence-electron chi connectivity index (χ2n) is 4.82. The van der Waals surface area contributed by atoms with Crippen LogP contribution in [0.3, 0.4) is 0 Å². The minimum absolute atomic E-state index is 0.00648. The maximum atomic E-state index is 12.6. The molecule has 20 heavy (non-hydrogen) atoms. The normalized spacial score (nSPS) is 14.2. The van der Waals surface area contributed by atoms with E-state index >= 15 is 0 Å². The van der Waals surface area contributed by atoms with E-state index in [-0.39, 0.29) is 5.91 Å². The summed E-state index contributed by atoms with van der Waals surface area (Å²) in [5, 5.41) is 3.41. The molecular weight excluding hydrogens is 278 g/mol. The molecule has 2 rings (SSSR count). The number of hydrogen-bond acceptors (Lipinski definition) is 4. The Bertz CT molecular complexity index is 477. The Morgan fingerprint density at radius 3 is 2.90 bits per heavy atom. The number of halogens is 1. The highest BCUT2D eigenvalue weighted by Gasteiger charge is 2.33. The highest BCUT2D eigenvalue weighted by Crippen LogP contribution is 2.28. The van der Waals surface area contributed by atoms with Gasteiger partial charge in [0, 0.05) is 31.8 Å². The third-order valence-corrected chi connectivity index (χ3v) is 3.38. The highest BCUT2D eigenvalue weighted by molar-refractivity contribution is 6.29. The Morgan fingerprint density at radius 1 is 1.55 bits per heavy atom. The predicted molar refractivity (Wildman–Crippen MR) is 79.3 cm³/mol. The van der Waals surface area contributed by atoms with E-state index in [9.17, 15) is 4.79 Å². The number of carbonyl (C=O) groups excluding carboxylic acids is 1. The monoisotopic (exact) mass is 297 g/mol. The lowest BCUT2D eigenvalue weighted by molar-refractivity contribution is 0.0680. The average Bonchev–Trinajstić information content (AvgIpc) is 3.23. The Kier molecular flexibility index (Phi) is 5.20. The van der Waals surface area contributed by atoms with Gasteiger partial charge in [-0.15, -0.1) is 0 Å². The first-order valence-electron chi connectivity index (χ1n) is 6.87. The van der Waals surface area contributed by atoms with Crippen molar-refractivity contribution in [1.82, 2.24) is 9.88 Å². The first-order chi connectivity index (χ1) is 9.65. The van der Waals surface area contributed by atoms with E-state index in [0.717, 1.165) is 19.4 Å². The predicted octanol–water partition coefficient (Wildman–Crippen LogP) is 2.42. The Morgan fingerprint density at radius 2 is 2.30 bits per heavy atom. The van der Waals surface area contributed by atoms with Crippen molar-refractivity contribution in [3.8, 4) is 0 Å². The second kappa shape index (κ2) is 6.90. The van der Waals surface area contributed by atoms with Crippen LogP contribution in [0.25, 0.3) is 0 Å². The van der Waals surface area contributed by atoms with Crippen LogP contribution >= 0.6 is 11.6 Å². The fourth-order valence-corrected chi connectivity index (χ4v) is 2.29. The largest absolute Gasteiger partial charge is 0.383 e. The summed E-state index contributed by atoms with van der Waals surface area (Å²) in [7, 11) is 1.64. The van der Waals surface area contributed by atoms with Gasteiger partial charge in [0.1, 0.15) is 11.0 Å². The summed E-state index contributed by atoms with van der Waals surface area (Å²) in [6.07, 6.45) is 2.13. The van der Waals surface area contributed by atoms with Gasteiger partial charge in [0.25, 0.3) is 5.91 Å². The lowest BCUT2D eigenvalue weighted by atomic mass is 10.2. The van der Waals surface area contributed by atoms with Gasteiger partial charge in [-0.25, -0.2) is 4.98 Å². The number of rotatable bonds is 7. The van der Waals surface area contributed by atoms with Crippen LogP contribution in [0.4, 0.5) is 5.82 Å². The van der Waals surface area contributed by atoms with Crippen LogP contribution in [0.2, 0.25) is 5.15 Å². The van der Waals surface area contributed by atoms with Crippen LogP contribution < -0.4 is 5.32 Å². The Balaban J connectivity index is 2.17. The van der Waals surface area contributed by atoms with Gasteiger partial charge in [0.2, 0.25) is 0 Å². The summed E-state index contributed by atoms with van der Waals surface area (Å²) in [4.78, 5) is 18.6. The van der Waals surface area contributed by atoms with E-state index in [1.807, 2.05) is 11.8 Å². The molecule has 6 heteroatoms. The molecule has 0 saturated heterocycles. The van der Waals surface area contributed by atoms with E-state index in [1.165, 1.54) is 0 Å². The van der Waals surface area contributed by atoms with Crippen LogP contribution in [0.5, 0.6) is 0 Å². The van der Waals surface area contributed by atoms with Crippen LogP contribution in [0.1, 0.15) is 30.1 Å². The summed E-state index contributed by atoms with van der Waals surface area (Å²) in [6.45, 7) is 3.85. The summed E-state index contributed by atoms with van der Waals surface area (Å²) < 4.78 is 5.08. The number of amides is 1. The van der Waals surface area contributed by atoms with Crippen molar-refractivity contribution in [2.75, 3.05) is 32.1 Å². The molecule has 1 aromatic heterocycles. The summed E-state index contributed by atoms with van der Waals surface area (Å²) in [6, 6.07) is 3.71. The van der Waals surface area contributed by atoms with Gasteiger partial charge < -0.3 is 15.0 Å². The van der Waals surface area contributed by atoms with Gasteiger partial charge in [-0.3, -0.25) is 4.79 Å². The molecule has 1 aromatic rings. The topological polar surface area (TPSA) is 54.5 Å². The van der Waals surface area contributed by atoms with Gasteiger partial charge in [0.05, 0.1) is 6.61 Å². The lowest BCUT2D eigenvalue weighted by Crippen LogP contribution is -2.35. The third kappa shape index (κ3) is 3.84. The minimum atomic E-state index is -0.00648. The molecule has 1 amide bonds. The zero-order valence-electron chi connectivity index (χ0n) is 11.9. The number of pyridine rings is 1. The van der Waals surface area contributed by atoms with E-state index in [0.29, 0.717) is 35.7 Å². The van der Waals surface area contributed by atoms with Gasteiger partial charge in [-0.05, 0) is 31.9 Å². The molecule has 1 heterocycles. The van der Waals surface area contributed by atoms with Crippen LogP contribution in [-0.2, 0) is 4.74 Å². The van der Waals surface area contributed by atoms with E-state index in [2.05, 4.69) is 10.3 Å². The number of hydrogen-bond donors (Lipinski definition) is 1. The van der Waals surface area contributed by atoms with Crippen LogP contribution in [-0.4, -0.2) is 48.6 Å². The van der Waals surface area contributed by atoms with E-state index < -0.39 is 0 Å². The minimum Gasteiger partial charge on any atom is -0.383 e. The van der Waals surface area contributed by atoms with Crippen LogP contribution in [0, 0.1) is 0 Å². The lowest BCUT2D eigenvalue weighted by Gasteiger charge is -2.22. The standard InChI is InChI=1S/C14H20ClN3O2/c1-3-16-13-9-10(8-12(15)17-13)14(19)18(6-7-20-2)11-4-5-11/h8-9,11H,3-7H2,1-2H3,(H,16,17). The fourth-order valence-electron chi connectivity index (χ4n) is 2.08. The summed E-state index contributed by atoms with van der Waals surface area (Å²) in [5.74, 6) is 0.624. The molecule has 0 bridgehead atoms. The van der Waals surface area contributed by atoms with E-state index in [4.69, 9.17) is 16.3 Å². The smallest absolute Gasteiger partial charge is 0.254 e. The van der Waals surface area contributed by atoms with Gasteiger partial charge in [-0.1, -0.05) is 11.6 Å². The van der Waals surface area contributed by atoms with Crippen molar-refractivity contribution in [3.63, 3.8) is 0 Å². The number of ether oxygens (including phenoxy) is 1. The number of nitrogens with one attached hydrogen (secondary N) is 1. The number of methoxy groups -OCH3 is 1. The molecule has 110 valence electrons. The molecule has 1 aliphatic carbocycles. The maximum absolute atomic E-state index is 12.6. The highest BCUT2D eigenvalue weighted by atomic mass is 35.5. The molecular formula is C14H20ClN3O2. The van der Waals surface area contributed by atoms with Gasteiger partial charge >= 0.3 is 0 Å². The number of anilines is 1. The molecule has 0 spiro atoms. The zero-order chi connectivity index (χ0) is 14.5. The molecule has 0 atom stereocenters. The number of nitrogens with zero attached hydrogens (tertiary/aromatic N) is 2. The quantitative estimate of drug-likeness (QED) is 0.785. The third-order valence-electron chi connectivity index (χ3n) is 3.18. The second-order valence-corrected chi connectivity index (χ2v) is 5.20. The Labute approximate surface area is 124 Å². The summed E-state index contributed by atoms with van der Waals surface area (Å²) in [5.41, 5.74) is 0.573. The van der Waals surface area contributed by atoms with Crippen molar-refractivity contribution in [2.45, 2.75) is 25.8 Å².